The van der Waals surface area contributed by atoms with Gasteiger partial charge in [-0.15, -0.1) is 6.58 Å². The molecule has 5 nitrogen and oxygen atoms in total. The van der Waals surface area contributed by atoms with Crippen LogP contribution in [0.3, 0.4) is 0 Å². The molecule has 0 spiro atoms. The number of rotatable bonds is 7. The van der Waals surface area contributed by atoms with Gasteiger partial charge in [0, 0.05) is 24.9 Å². The highest BCUT2D eigenvalue weighted by atomic mass is 16.5. The molecule has 2 aromatic rings. The summed E-state index contributed by atoms with van der Waals surface area (Å²) >= 11 is 0. The smallest absolute Gasteiger partial charge is 0.220 e. The number of amides is 1. The second kappa shape index (κ2) is 7.28. The lowest BCUT2D eigenvalue weighted by Crippen LogP contribution is -2.23. The summed E-state index contributed by atoms with van der Waals surface area (Å²) in [5, 5.41) is 2.71. The molecule has 21 heavy (non-hydrogen) atoms. The van der Waals surface area contributed by atoms with Gasteiger partial charge in [-0.2, -0.15) is 0 Å². The fourth-order valence-electron chi connectivity index (χ4n) is 1.81. The topological polar surface area (TPSA) is 64.4 Å². The van der Waals surface area contributed by atoms with Crippen LogP contribution >= 0.6 is 0 Å². The van der Waals surface area contributed by atoms with Crippen molar-refractivity contribution in [3.63, 3.8) is 0 Å². The third-order valence-corrected chi connectivity index (χ3v) is 2.94. The summed E-state index contributed by atoms with van der Waals surface area (Å²) in [6.45, 7) is 4.02. The summed E-state index contributed by atoms with van der Waals surface area (Å²) in [7, 11) is 1.62. The Balaban J connectivity index is 1.94. The highest BCUT2D eigenvalue weighted by Crippen LogP contribution is 2.23. The van der Waals surface area contributed by atoms with E-state index >= 15 is 0 Å². The van der Waals surface area contributed by atoms with E-state index in [9.17, 15) is 4.79 Å². The second-order valence-corrected chi connectivity index (χ2v) is 4.44. The lowest BCUT2D eigenvalue weighted by atomic mass is 10.2. The predicted octanol–water partition coefficient (Wildman–Crippen LogP) is 2.59. The zero-order chi connectivity index (χ0) is 15.1. The molecular formula is C16H18N2O3. The van der Waals surface area contributed by atoms with Gasteiger partial charge in [0.25, 0.3) is 0 Å². The van der Waals surface area contributed by atoms with Gasteiger partial charge in [0.2, 0.25) is 5.91 Å². The number of carbonyl (C=O) groups excluding carboxylic acids is 1. The molecule has 0 aliphatic carbocycles. The van der Waals surface area contributed by atoms with Crippen molar-refractivity contribution in [2.75, 3.05) is 13.7 Å². The van der Waals surface area contributed by atoms with Crippen LogP contribution in [0.25, 0.3) is 11.3 Å². The maximum Gasteiger partial charge on any atom is 0.220 e. The molecule has 1 aromatic heterocycles. The van der Waals surface area contributed by atoms with E-state index in [0.717, 1.165) is 11.3 Å². The number of hydrogen-bond donors (Lipinski definition) is 1. The van der Waals surface area contributed by atoms with Crippen molar-refractivity contribution in [3.05, 3.63) is 49.0 Å². The molecule has 110 valence electrons. The Bertz CT molecular complexity index is 602. The van der Waals surface area contributed by atoms with Crippen LogP contribution in [0.1, 0.15) is 12.3 Å². The standard InChI is InChI=1S/C16H18N2O3/c1-3-10-17-15(19)8-9-16-18-11-14(21-16)12-4-6-13(20-2)7-5-12/h3-7,11H,1,8-10H2,2H3,(H,17,19). The Hall–Kier alpha value is -2.56. The number of carbonyl (C=O) groups is 1. The van der Waals surface area contributed by atoms with Gasteiger partial charge in [0.05, 0.1) is 13.3 Å². The molecular weight excluding hydrogens is 268 g/mol. The third-order valence-electron chi connectivity index (χ3n) is 2.94. The number of benzene rings is 1. The molecule has 0 aliphatic rings. The van der Waals surface area contributed by atoms with Crippen LogP contribution in [0, 0.1) is 0 Å². The van der Waals surface area contributed by atoms with Gasteiger partial charge in [-0.3, -0.25) is 4.79 Å². The number of nitrogens with zero attached hydrogens (tertiary/aromatic N) is 1. The summed E-state index contributed by atoms with van der Waals surface area (Å²) in [6, 6.07) is 7.53. The number of aromatic nitrogens is 1. The maximum atomic E-state index is 11.5. The van der Waals surface area contributed by atoms with E-state index in [-0.39, 0.29) is 5.91 Å². The number of methoxy groups -OCH3 is 1. The zero-order valence-electron chi connectivity index (χ0n) is 12.0. The fraction of sp³-hybridized carbons (Fsp3) is 0.250. The largest absolute Gasteiger partial charge is 0.497 e. The summed E-state index contributed by atoms with van der Waals surface area (Å²) in [5.41, 5.74) is 0.922. The van der Waals surface area contributed by atoms with Crippen LogP contribution in [-0.4, -0.2) is 24.5 Å². The van der Waals surface area contributed by atoms with Crippen molar-refractivity contribution in [1.82, 2.24) is 10.3 Å². The second-order valence-electron chi connectivity index (χ2n) is 4.44. The minimum absolute atomic E-state index is 0.0425. The van der Waals surface area contributed by atoms with Crippen molar-refractivity contribution in [1.29, 1.82) is 0 Å². The molecule has 1 N–H and O–H groups in total. The van der Waals surface area contributed by atoms with Crippen LogP contribution in [0.2, 0.25) is 0 Å². The first-order chi connectivity index (χ1) is 10.2. The van der Waals surface area contributed by atoms with Crippen molar-refractivity contribution in [2.45, 2.75) is 12.8 Å². The van der Waals surface area contributed by atoms with Gasteiger partial charge in [0.15, 0.2) is 11.7 Å². The Morgan fingerprint density at radius 1 is 1.43 bits per heavy atom. The Labute approximate surface area is 123 Å². The van der Waals surface area contributed by atoms with Crippen LogP contribution in [0.5, 0.6) is 5.75 Å². The summed E-state index contributed by atoms with van der Waals surface area (Å²) in [4.78, 5) is 15.7. The molecule has 0 unspecified atom stereocenters. The highest BCUT2D eigenvalue weighted by Gasteiger charge is 2.08. The molecule has 0 saturated heterocycles. The molecule has 5 heteroatoms. The quantitative estimate of drug-likeness (QED) is 0.795. The van der Waals surface area contributed by atoms with E-state index in [0.29, 0.717) is 31.0 Å². The molecule has 0 aliphatic heterocycles. The van der Waals surface area contributed by atoms with Gasteiger partial charge in [-0.1, -0.05) is 6.08 Å². The molecule has 0 radical (unpaired) electrons. The highest BCUT2D eigenvalue weighted by molar-refractivity contribution is 5.76. The third kappa shape index (κ3) is 4.21. The van der Waals surface area contributed by atoms with Crippen molar-refractivity contribution in [3.8, 4) is 17.1 Å². The minimum Gasteiger partial charge on any atom is -0.497 e. The number of aryl methyl sites for hydroxylation is 1. The van der Waals surface area contributed by atoms with Crippen LogP contribution in [0.15, 0.2) is 47.5 Å². The minimum atomic E-state index is -0.0425. The lowest BCUT2D eigenvalue weighted by molar-refractivity contribution is -0.120. The number of oxazole rings is 1. The zero-order valence-corrected chi connectivity index (χ0v) is 12.0. The van der Waals surface area contributed by atoms with Crippen molar-refractivity contribution in [2.24, 2.45) is 0 Å². The summed E-state index contributed by atoms with van der Waals surface area (Å²) in [5.74, 6) is 1.98. The molecule has 0 atom stereocenters. The van der Waals surface area contributed by atoms with Gasteiger partial charge >= 0.3 is 0 Å². The SMILES string of the molecule is C=CCNC(=O)CCc1ncc(-c2ccc(OC)cc2)o1. The van der Waals surface area contributed by atoms with E-state index in [1.165, 1.54) is 0 Å². The predicted molar refractivity (Wildman–Crippen MR) is 80.0 cm³/mol. The molecule has 1 heterocycles. The van der Waals surface area contributed by atoms with E-state index in [1.807, 2.05) is 24.3 Å². The van der Waals surface area contributed by atoms with Crippen LogP contribution in [-0.2, 0) is 11.2 Å². The summed E-state index contributed by atoms with van der Waals surface area (Å²) in [6.07, 6.45) is 4.12. The Morgan fingerprint density at radius 2 is 2.19 bits per heavy atom. The van der Waals surface area contributed by atoms with E-state index in [1.54, 1.807) is 19.4 Å². The van der Waals surface area contributed by atoms with E-state index in [2.05, 4.69) is 16.9 Å². The summed E-state index contributed by atoms with van der Waals surface area (Å²) < 4.78 is 10.8. The lowest BCUT2D eigenvalue weighted by Gasteiger charge is -2.01. The van der Waals surface area contributed by atoms with Crippen LogP contribution < -0.4 is 10.1 Å². The average Bonchev–Trinajstić information content (AvgIpc) is 3.00. The molecule has 1 aromatic carbocycles. The van der Waals surface area contributed by atoms with Crippen LogP contribution in [0.4, 0.5) is 0 Å². The normalized spacial score (nSPS) is 10.1. The van der Waals surface area contributed by atoms with E-state index < -0.39 is 0 Å². The van der Waals surface area contributed by atoms with E-state index in [4.69, 9.17) is 9.15 Å². The monoisotopic (exact) mass is 286 g/mol. The molecule has 0 saturated carbocycles. The number of nitrogens with one attached hydrogen (secondary N) is 1. The molecule has 1 amide bonds. The first-order valence-corrected chi connectivity index (χ1v) is 6.69. The first kappa shape index (κ1) is 14.8. The maximum absolute atomic E-state index is 11.5. The van der Waals surface area contributed by atoms with Crippen molar-refractivity contribution >= 4 is 5.91 Å². The fourth-order valence-corrected chi connectivity index (χ4v) is 1.81. The van der Waals surface area contributed by atoms with Gasteiger partial charge in [0.1, 0.15) is 5.75 Å². The Morgan fingerprint density at radius 3 is 2.86 bits per heavy atom. The first-order valence-electron chi connectivity index (χ1n) is 6.69. The number of hydrogen-bond acceptors (Lipinski definition) is 4. The molecule has 2 rings (SSSR count). The number of ether oxygens (including phenoxy) is 1. The molecule has 0 fully saturated rings. The van der Waals surface area contributed by atoms with Gasteiger partial charge in [-0.05, 0) is 24.3 Å². The molecule has 0 bridgehead atoms. The Kier molecular flexibility index (Phi) is 5.15. The van der Waals surface area contributed by atoms with Gasteiger partial charge in [-0.25, -0.2) is 4.98 Å². The van der Waals surface area contributed by atoms with Crippen molar-refractivity contribution < 1.29 is 13.9 Å². The van der Waals surface area contributed by atoms with Gasteiger partial charge < -0.3 is 14.5 Å². The average molecular weight is 286 g/mol.